The topological polar surface area (TPSA) is 75.3 Å². The van der Waals surface area contributed by atoms with Gasteiger partial charge in [-0.1, -0.05) is 6.58 Å². The van der Waals surface area contributed by atoms with Crippen LogP contribution in [0.2, 0.25) is 0 Å². The average Bonchev–Trinajstić information content (AvgIpc) is 2.41. The number of amides is 1. The zero-order valence-corrected chi connectivity index (χ0v) is 7.93. The Kier molecular flexibility index (Phi) is 3.05. The van der Waals surface area contributed by atoms with Gasteiger partial charge < -0.3 is 0 Å². The van der Waals surface area contributed by atoms with Gasteiger partial charge in [0.1, 0.15) is 0 Å². The summed E-state index contributed by atoms with van der Waals surface area (Å²) in [5, 5.41) is 0. The molecule has 1 heterocycles. The Morgan fingerprint density at radius 3 is 2.69 bits per heavy atom. The molecule has 1 rings (SSSR count). The van der Waals surface area contributed by atoms with Crippen LogP contribution in [0.15, 0.2) is 12.7 Å². The van der Waals surface area contributed by atoms with Crippen LogP contribution in [0, 0.1) is 0 Å². The standard InChI is InChI=1S/C7H12N2O3S/c1-2-7(10)9-8-6-3-4-13(11,12)5-6/h2,6,8H,1,3-5H2,(H,9,10). The number of hydrogen-bond donors (Lipinski definition) is 2. The lowest BCUT2D eigenvalue weighted by atomic mass is 10.3. The van der Waals surface area contributed by atoms with Crippen LogP contribution in [-0.2, 0) is 14.6 Å². The van der Waals surface area contributed by atoms with Gasteiger partial charge in [0.25, 0.3) is 5.91 Å². The lowest BCUT2D eigenvalue weighted by Gasteiger charge is -2.09. The number of hydrazine groups is 1. The van der Waals surface area contributed by atoms with Crippen molar-refractivity contribution in [1.82, 2.24) is 10.9 Å². The zero-order chi connectivity index (χ0) is 9.90. The molecule has 6 heteroatoms. The molecule has 13 heavy (non-hydrogen) atoms. The van der Waals surface area contributed by atoms with Crippen molar-refractivity contribution in [1.29, 1.82) is 0 Å². The van der Waals surface area contributed by atoms with Crippen molar-refractivity contribution in [3.05, 3.63) is 12.7 Å². The van der Waals surface area contributed by atoms with Crippen LogP contribution in [0.1, 0.15) is 6.42 Å². The summed E-state index contributed by atoms with van der Waals surface area (Å²) in [7, 11) is -2.89. The number of rotatable bonds is 3. The third-order valence-corrected chi connectivity index (χ3v) is 3.59. The number of hydrogen-bond acceptors (Lipinski definition) is 4. The first-order valence-corrected chi connectivity index (χ1v) is 5.74. The maximum Gasteiger partial charge on any atom is 0.257 e. The maximum absolute atomic E-state index is 11.0. The summed E-state index contributed by atoms with van der Waals surface area (Å²) in [5.41, 5.74) is 4.98. The molecule has 0 radical (unpaired) electrons. The summed E-state index contributed by atoms with van der Waals surface area (Å²) in [6.07, 6.45) is 1.66. The molecule has 1 atom stereocenters. The van der Waals surface area contributed by atoms with Gasteiger partial charge in [-0.2, -0.15) is 0 Å². The van der Waals surface area contributed by atoms with Crippen molar-refractivity contribution in [3.63, 3.8) is 0 Å². The van der Waals surface area contributed by atoms with Crippen LogP contribution in [0.3, 0.4) is 0 Å². The van der Waals surface area contributed by atoms with Gasteiger partial charge in [-0.25, -0.2) is 13.8 Å². The van der Waals surface area contributed by atoms with Crippen LogP contribution >= 0.6 is 0 Å². The fourth-order valence-corrected chi connectivity index (χ4v) is 2.81. The summed E-state index contributed by atoms with van der Waals surface area (Å²) in [5.74, 6) is -0.0803. The first kappa shape index (κ1) is 10.2. The summed E-state index contributed by atoms with van der Waals surface area (Å²) >= 11 is 0. The van der Waals surface area contributed by atoms with E-state index in [-0.39, 0.29) is 23.5 Å². The normalized spacial score (nSPS) is 25.4. The third kappa shape index (κ3) is 3.16. The fraction of sp³-hybridized carbons (Fsp3) is 0.571. The molecule has 0 aliphatic carbocycles. The van der Waals surface area contributed by atoms with Gasteiger partial charge in [-0.15, -0.1) is 0 Å². The van der Waals surface area contributed by atoms with Gasteiger partial charge in [-0.05, 0) is 12.5 Å². The minimum atomic E-state index is -2.89. The molecule has 0 spiro atoms. The molecule has 0 aromatic heterocycles. The van der Waals surface area contributed by atoms with E-state index in [0.717, 1.165) is 6.08 Å². The second kappa shape index (κ2) is 3.89. The minimum absolute atomic E-state index is 0.0877. The van der Waals surface area contributed by atoms with Crippen molar-refractivity contribution in [2.75, 3.05) is 11.5 Å². The molecule has 2 N–H and O–H groups in total. The summed E-state index contributed by atoms with van der Waals surface area (Å²) < 4.78 is 22.0. The summed E-state index contributed by atoms with van der Waals surface area (Å²) in [6, 6.07) is -0.172. The largest absolute Gasteiger partial charge is 0.288 e. The molecule has 74 valence electrons. The van der Waals surface area contributed by atoms with Gasteiger partial charge in [0.05, 0.1) is 11.5 Å². The lowest BCUT2D eigenvalue weighted by Crippen LogP contribution is -2.44. The molecular weight excluding hydrogens is 192 g/mol. The maximum atomic E-state index is 11.0. The highest BCUT2D eigenvalue weighted by atomic mass is 32.2. The van der Waals surface area contributed by atoms with E-state index in [1.165, 1.54) is 0 Å². The highest BCUT2D eigenvalue weighted by Gasteiger charge is 2.27. The predicted molar refractivity (Wildman–Crippen MR) is 48.5 cm³/mol. The fourth-order valence-electron chi connectivity index (χ4n) is 1.13. The molecule has 1 fully saturated rings. The van der Waals surface area contributed by atoms with Crippen molar-refractivity contribution in [3.8, 4) is 0 Å². The Morgan fingerprint density at radius 1 is 1.54 bits per heavy atom. The average molecular weight is 204 g/mol. The van der Waals surface area contributed by atoms with Crippen LogP contribution in [0.25, 0.3) is 0 Å². The molecule has 1 aliphatic heterocycles. The molecular formula is C7H12N2O3S. The van der Waals surface area contributed by atoms with Gasteiger partial charge in [-0.3, -0.25) is 10.2 Å². The number of sulfone groups is 1. The molecule has 0 bridgehead atoms. The second-order valence-electron chi connectivity index (χ2n) is 2.94. The van der Waals surface area contributed by atoms with Crippen LogP contribution in [0.4, 0.5) is 0 Å². The zero-order valence-electron chi connectivity index (χ0n) is 7.12. The Bertz CT molecular complexity index is 310. The minimum Gasteiger partial charge on any atom is -0.288 e. The molecule has 1 unspecified atom stereocenters. The van der Waals surface area contributed by atoms with Gasteiger partial charge >= 0.3 is 0 Å². The van der Waals surface area contributed by atoms with E-state index < -0.39 is 9.84 Å². The van der Waals surface area contributed by atoms with E-state index >= 15 is 0 Å². The quantitative estimate of drug-likeness (QED) is 0.456. The molecule has 1 amide bonds. The first-order valence-electron chi connectivity index (χ1n) is 3.92. The lowest BCUT2D eigenvalue weighted by molar-refractivity contribution is -0.117. The van der Waals surface area contributed by atoms with Crippen molar-refractivity contribution in [2.24, 2.45) is 0 Å². The van der Waals surface area contributed by atoms with Gasteiger partial charge in [0.2, 0.25) is 0 Å². The van der Waals surface area contributed by atoms with E-state index in [1.807, 2.05) is 0 Å². The molecule has 0 aromatic rings. The molecule has 1 saturated heterocycles. The molecule has 0 aromatic carbocycles. The van der Waals surface area contributed by atoms with E-state index in [9.17, 15) is 13.2 Å². The third-order valence-electron chi connectivity index (χ3n) is 1.82. The Labute approximate surface area is 77.1 Å². The van der Waals surface area contributed by atoms with E-state index in [0.29, 0.717) is 6.42 Å². The van der Waals surface area contributed by atoms with Crippen LogP contribution in [0.5, 0.6) is 0 Å². The van der Waals surface area contributed by atoms with Gasteiger partial charge in [0, 0.05) is 6.04 Å². The predicted octanol–water partition coefficient (Wildman–Crippen LogP) is -1.02. The summed E-state index contributed by atoms with van der Waals surface area (Å²) in [4.78, 5) is 10.7. The molecule has 0 saturated carbocycles. The number of nitrogens with one attached hydrogen (secondary N) is 2. The molecule has 1 aliphatic rings. The Morgan fingerprint density at radius 2 is 2.23 bits per heavy atom. The van der Waals surface area contributed by atoms with Crippen LogP contribution < -0.4 is 10.9 Å². The highest BCUT2D eigenvalue weighted by molar-refractivity contribution is 7.91. The monoisotopic (exact) mass is 204 g/mol. The van der Waals surface area contributed by atoms with Gasteiger partial charge in [0.15, 0.2) is 9.84 Å². The number of carbonyl (C=O) groups is 1. The SMILES string of the molecule is C=CC(=O)NNC1CCS(=O)(=O)C1. The first-order chi connectivity index (χ1) is 6.03. The second-order valence-corrected chi connectivity index (χ2v) is 5.17. The van der Waals surface area contributed by atoms with E-state index in [2.05, 4.69) is 17.4 Å². The van der Waals surface area contributed by atoms with Crippen molar-refractivity contribution in [2.45, 2.75) is 12.5 Å². The van der Waals surface area contributed by atoms with E-state index in [4.69, 9.17) is 0 Å². The van der Waals surface area contributed by atoms with E-state index in [1.54, 1.807) is 0 Å². The Balaban J connectivity index is 2.33. The number of carbonyl (C=O) groups excluding carboxylic acids is 1. The molecule has 5 nitrogen and oxygen atoms in total. The van der Waals surface area contributed by atoms with Crippen molar-refractivity contribution < 1.29 is 13.2 Å². The summed E-state index contributed by atoms with van der Waals surface area (Å²) in [6.45, 7) is 3.26. The highest BCUT2D eigenvalue weighted by Crippen LogP contribution is 2.09. The smallest absolute Gasteiger partial charge is 0.257 e. The van der Waals surface area contributed by atoms with Crippen LogP contribution in [-0.4, -0.2) is 31.9 Å². The Hall–Kier alpha value is -0.880. The van der Waals surface area contributed by atoms with Crippen molar-refractivity contribution >= 4 is 15.7 Å².